The lowest BCUT2D eigenvalue weighted by atomic mass is 9.99. The average Bonchev–Trinajstić information content (AvgIpc) is 2.87. The highest BCUT2D eigenvalue weighted by atomic mass is 35.5. The topological polar surface area (TPSA) is 65.2 Å². The molecule has 110 valence electrons. The second-order valence-electron chi connectivity index (χ2n) is 5.22. The third-order valence-electron chi connectivity index (χ3n) is 3.57. The van der Waals surface area contributed by atoms with Gasteiger partial charge in [-0.15, -0.1) is 0 Å². The van der Waals surface area contributed by atoms with Crippen molar-refractivity contribution in [1.29, 1.82) is 0 Å². The Kier molecular flexibility index (Phi) is 5.64. The second kappa shape index (κ2) is 7.25. The van der Waals surface area contributed by atoms with E-state index >= 15 is 0 Å². The number of carbonyl (C=O) groups excluding carboxylic acids is 1. The van der Waals surface area contributed by atoms with Gasteiger partial charge >= 0.3 is 5.97 Å². The molecule has 0 aliphatic heterocycles. The van der Waals surface area contributed by atoms with Gasteiger partial charge in [0.15, 0.2) is 0 Å². The van der Waals surface area contributed by atoms with Gasteiger partial charge in [-0.3, -0.25) is 4.79 Å². The summed E-state index contributed by atoms with van der Waals surface area (Å²) in [5.41, 5.74) is 6.59. The number of esters is 1. The number of ether oxygens (including phenoxy) is 1. The predicted octanol–water partition coefficient (Wildman–Crippen LogP) is 3.34. The summed E-state index contributed by atoms with van der Waals surface area (Å²) in [7, 11) is 0. The van der Waals surface area contributed by atoms with E-state index in [1.165, 1.54) is 12.8 Å². The molecule has 0 unspecified atom stereocenters. The van der Waals surface area contributed by atoms with Crippen LogP contribution in [0, 0.1) is 5.92 Å². The molecule has 1 fully saturated rings. The van der Waals surface area contributed by atoms with Crippen molar-refractivity contribution in [3.8, 4) is 0 Å². The number of hydrogen-bond acceptors (Lipinski definition) is 4. The van der Waals surface area contributed by atoms with Crippen LogP contribution >= 0.6 is 23.2 Å². The Labute approximate surface area is 128 Å². The molecule has 0 spiro atoms. The van der Waals surface area contributed by atoms with E-state index < -0.39 is 6.04 Å². The van der Waals surface area contributed by atoms with Gasteiger partial charge in [-0.05, 0) is 30.0 Å². The molecule has 1 aliphatic rings. The van der Waals surface area contributed by atoms with Crippen LogP contribution in [0.1, 0.15) is 37.7 Å². The minimum atomic E-state index is -0.550. The molecule has 1 heterocycles. The Hall–Kier alpha value is -0.840. The first-order valence-electron chi connectivity index (χ1n) is 6.79. The van der Waals surface area contributed by atoms with Crippen molar-refractivity contribution in [2.75, 3.05) is 0 Å². The molecule has 1 atom stereocenters. The summed E-state index contributed by atoms with van der Waals surface area (Å²) in [6, 6.07) is 2.68. The maximum atomic E-state index is 11.8. The van der Waals surface area contributed by atoms with Crippen molar-refractivity contribution >= 4 is 29.2 Å². The van der Waals surface area contributed by atoms with Crippen molar-refractivity contribution in [1.82, 2.24) is 4.98 Å². The summed E-state index contributed by atoms with van der Waals surface area (Å²) in [5.74, 6) is 0.184. The number of nitrogens with two attached hydrogens (primary N) is 1. The van der Waals surface area contributed by atoms with Gasteiger partial charge in [-0.1, -0.05) is 48.9 Å². The van der Waals surface area contributed by atoms with Crippen molar-refractivity contribution in [2.45, 2.75) is 44.8 Å². The number of pyridine rings is 1. The first-order valence-corrected chi connectivity index (χ1v) is 7.54. The van der Waals surface area contributed by atoms with Gasteiger partial charge in [-0.25, -0.2) is 4.98 Å². The molecule has 1 aromatic rings. The summed E-state index contributed by atoms with van der Waals surface area (Å²) in [4.78, 5) is 15.7. The lowest BCUT2D eigenvalue weighted by Gasteiger charge is -2.15. The highest BCUT2D eigenvalue weighted by Gasteiger charge is 2.23. The third-order valence-corrected chi connectivity index (χ3v) is 3.96. The van der Waals surface area contributed by atoms with E-state index in [1.54, 1.807) is 12.1 Å². The van der Waals surface area contributed by atoms with Crippen molar-refractivity contribution in [2.24, 2.45) is 11.7 Å². The van der Waals surface area contributed by atoms with Gasteiger partial charge in [0.05, 0.1) is 0 Å². The van der Waals surface area contributed by atoms with Crippen LogP contribution in [0.5, 0.6) is 0 Å². The van der Waals surface area contributed by atoms with Crippen LogP contribution in [-0.2, 0) is 16.1 Å². The Morgan fingerprint density at radius 1 is 1.35 bits per heavy atom. The van der Waals surface area contributed by atoms with Crippen molar-refractivity contribution in [3.63, 3.8) is 0 Å². The largest absolute Gasteiger partial charge is 0.460 e. The van der Waals surface area contributed by atoms with Crippen LogP contribution in [0.2, 0.25) is 10.3 Å². The molecule has 1 saturated carbocycles. The first-order chi connectivity index (χ1) is 9.54. The van der Waals surface area contributed by atoms with Gasteiger partial charge in [0.2, 0.25) is 0 Å². The SMILES string of the molecule is N[C@@H](CC1CCCC1)C(=O)OCc1cc(Cl)nc(Cl)c1. The Morgan fingerprint density at radius 3 is 2.55 bits per heavy atom. The molecule has 0 bridgehead atoms. The number of nitrogens with zero attached hydrogens (tertiary/aromatic N) is 1. The second-order valence-corrected chi connectivity index (χ2v) is 6.00. The fraction of sp³-hybridized carbons (Fsp3) is 0.571. The minimum absolute atomic E-state index is 0.110. The van der Waals surface area contributed by atoms with Crippen molar-refractivity contribution in [3.05, 3.63) is 28.0 Å². The first kappa shape index (κ1) is 15.5. The van der Waals surface area contributed by atoms with Crippen LogP contribution in [0.25, 0.3) is 0 Å². The fourth-order valence-corrected chi connectivity index (χ4v) is 3.07. The standard InChI is InChI=1S/C14H18Cl2N2O2/c15-12-6-10(7-13(16)18-12)8-20-14(19)11(17)5-9-3-1-2-4-9/h6-7,9,11H,1-5,8,17H2/t11-/m0/s1. The van der Waals surface area contributed by atoms with E-state index in [-0.39, 0.29) is 22.9 Å². The lowest BCUT2D eigenvalue weighted by Crippen LogP contribution is -2.33. The molecule has 2 N–H and O–H groups in total. The fourth-order valence-electron chi connectivity index (χ4n) is 2.56. The maximum Gasteiger partial charge on any atom is 0.323 e. The molecule has 0 saturated heterocycles. The van der Waals surface area contributed by atoms with Crippen LogP contribution < -0.4 is 5.73 Å². The molecule has 4 nitrogen and oxygen atoms in total. The highest BCUT2D eigenvalue weighted by Crippen LogP contribution is 2.28. The van der Waals surface area contributed by atoms with Crippen LogP contribution in [0.4, 0.5) is 0 Å². The smallest absolute Gasteiger partial charge is 0.323 e. The zero-order valence-corrected chi connectivity index (χ0v) is 12.7. The number of hydrogen-bond donors (Lipinski definition) is 1. The normalized spacial score (nSPS) is 17.1. The summed E-state index contributed by atoms with van der Waals surface area (Å²) in [5, 5.41) is 0.553. The van der Waals surface area contributed by atoms with E-state index in [2.05, 4.69) is 4.98 Å². The molecular formula is C14H18Cl2N2O2. The van der Waals surface area contributed by atoms with E-state index in [1.807, 2.05) is 0 Å². The molecule has 0 amide bonds. The van der Waals surface area contributed by atoms with Crippen molar-refractivity contribution < 1.29 is 9.53 Å². The highest BCUT2D eigenvalue weighted by molar-refractivity contribution is 6.32. The number of aromatic nitrogens is 1. The van der Waals surface area contributed by atoms with E-state index in [4.69, 9.17) is 33.7 Å². The molecule has 1 aromatic heterocycles. The number of rotatable bonds is 5. The Morgan fingerprint density at radius 2 is 1.95 bits per heavy atom. The zero-order chi connectivity index (χ0) is 14.5. The summed E-state index contributed by atoms with van der Waals surface area (Å²) < 4.78 is 5.20. The monoisotopic (exact) mass is 316 g/mol. The predicted molar refractivity (Wildman–Crippen MR) is 78.6 cm³/mol. The number of carbonyl (C=O) groups is 1. The molecule has 0 aromatic carbocycles. The van der Waals surface area contributed by atoms with E-state index in [0.29, 0.717) is 17.9 Å². The minimum Gasteiger partial charge on any atom is -0.460 e. The molecule has 1 aliphatic carbocycles. The van der Waals surface area contributed by atoms with Gasteiger partial charge in [0.25, 0.3) is 0 Å². The third kappa shape index (κ3) is 4.62. The van der Waals surface area contributed by atoms with Crippen LogP contribution in [-0.4, -0.2) is 17.0 Å². The van der Waals surface area contributed by atoms with Gasteiger partial charge in [0, 0.05) is 0 Å². The quantitative estimate of drug-likeness (QED) is 0.668. The van der Waals surface area contributed by atoms with E-state index in [0.717, 1.165) is 12.8 Å². The molecule has 0 radical (unpaired) electrons. The van der Waals surface area contributed by atoms with E-state index in [9.17, 15) is 4.79 Å². The van der Waals surface area contributed by atoms with Gasteiger partial charge in [-0.2, -0.15) is 0 Å². The van der Waals surface area contributed by atoms with Gasteiger partial charge < -0.3 is 10.5 Å². The maximum absolute atomic E-state index is 11.8. The summed E-state index contributed by atoms with van der Waals surface area (Å²) in [6.45, 7) is 0.110. The number of halogens is 2. The molecule has 2 rings (SSSR count). The Bertz CT molecular complexity index is 456. The molecule has 6 heteroatoms. The van der Waals surface area contributed by atoms with Gasteiger partial charge in [0.1, 0.15) is 23.0 Å². The lowest BCUT2D eigenvalue weighted by molar-refractivity contribution is -0.147. The average molecular weight is 317 g/mol. The van der Waals surface area contributed by atoms with Crippen LogP contribution in [0.3, 0.4) is 0 Å². The Balaban J connectivity index is 1.81. The van der Waals surface area contributed by atoms with Crippen LogP contribution in [0.15, 0.2) is 12.1 Å². The molecule has 20 heavy (non-hydrogen) atoms. The summed E-state index contributed by atoms with van der Waals surface area (Å²) >= 11 is 11.6. The zero-order valence-electron chi connectivity index (χ0n) is 11.1. The summed E-state index contributed by atoms with van der Waals surface area (Å²) in [6.07, 6.45) is 5.50. The molecular weight excluding hydrogens is 299 g/mol.